The average molecular weight is 1800 g/mol. The Bertz CT molecular complexity index is 4230. The van der Waals surface area contributed by atoms with E-state index in [9.17, 15) is 77.3 Å². The quantitative estimate of drug-likeness (QED) is 0.00845. The number of fused-ring (bicyclic) bond motifs is 1. The van der Waals surface area contributed by atoms with E-state index in [2.05, 4.69) is 103 Å². The number of aliphatic hydroxyl groups is 1. The molecule has 127 heavy (non-hydrogen) atoms. The molecule has 14 amide bonds. The van der Waals surface area contributed by atoms with Crippen LogP contribution in [0.3, 0.4) is 0 Å². The minimum absolute atomic E-state index is 0.00421. The van der Waals surface area contributed by atoms with Crippen LogP contribution in [0.25, 0.3) is 10.9 Å². The number of nitrogens with one attached hydrogen (secondary N) is 20. The van der Waals surface area contributed by atoms with E-state index in [-0.39, 0.29) is 180 Å². The van der Waals surface area contributed by atoms with Crippen molar-refractivity contribution in [2.24, 2.45) is 34.4 Å². The Morgan fingerprint density at radius 1 is 0.417 bits per heavy atom. The van der Waals surface area contributed by atoms with Gasteiger partial charge in [-0.1, -0.05) is 60.7 Å². The second kappa shape index (κ2) is 59.4. The zero-order valence-electron chi connectivity index (χ0n) is 71.5. The van der Waals surface area contributed by atoms with Crippen LogP contribution in [0.15, 0.2) is 85.1 Å². The van der Waals surface area contributed by atoms with E-state index in [0.29, 0.717) is 23.1 Å². The maximum Gasteiger partial charge on any atom is 0.246 e. The fraction of sp³-hybridized carbons (Fsp3) is 0.537. The number of benzene rings is 3. The van der Waals surface area contributed by atoms with E-state index in [1.54, 1.807) is 42.6 Å². The van der Waals surface area contributed by atoms with Crippen LogP contribution in [0.4, 0.5) is 0 Å². The summed E-state index contributed by atoms with van der Waals surface area (Å²) in [6, 6.07) is 5.57. The van der Waals surface area contributed by atoms with E-state index < -0.39 is 174 Å². The van der Waals surface area contributed by atoms with E-state index in [0.717, 1.165) is 10.9 Å². The van der Waals surface area contributed by atoms with Crippen LogP contribution in [0, 0.1) is 16.2 Å². The summed E-state index contributed by atoms with van der Waals surface area (Å²) in [5.74, 6) is -13.0. The Morgan fingerprint density at radius 3 is 1.36 bits per heavy atom. The number of hydrogen-bond donors (Lipinski definition) is 29. The van der Waals surface area contributed by atoms with E-state index in [4.69, 9.17) is 69.6 Å². The molecule has 0 unspecified atom stereocenters. The van der Waals surface area contributed by atoms with Crippen molar-refractivity contribution in [3.8, 4) is 5.75 Å². The van der Waals surface area contributed by atoms with E-state index >= 15 is 0 Å². The number of para-hydroxylation sites is 1. The highest BCUT2D eigenvalue weighted by molar-refractivity contribution is 7.80. The number of amides is 14. The lowest BCUT2D eigenvalue weighted by molar-refractivity contribution is -0.136. The number of nitrogens with two attached hydrogens (primary N) is 6. The number of hydrogen-bond acceptors (Lipinski definition) is 26. The number of aromatic amines is 1. The van der Waals surface area contributed by atoms with Crippen molar-refractivity contribution < 1.29 is 96.3 Å². The Kier molecular flexibility index (Phi) is 49.9. The first-order chi connectivity index (χ1) is 60.6. The van der Waals surface area contributed by atoms with Crippen LogP contribution in [0.5, 0.6) is 5.75 Å². The molecule has 0 saturated carbocycles. The molecule has 46 nitrogen and oxygen atoms in total. The van der Waals surface area contributed by atoms with Crippen molar-refractivity contribution in [3.05, 3.63) is 102 Å². The lowest BCUT2D eigenvalue weighted by Crippen LogP contribution is -2.61. The second-order valence-corrected chi connectivity index (χ2v) is 29.8. The Hall–Kier alpha value is -12.5. The van der Waals surface area contributed by atoms with Crippen molar-refractivity contribution in [1.82, 2.24) is 90.1 Å². The molecule has 0 aliphatic heterocycles. The predicted molar refractivity (Wildman–Crippen MR) is 470 cm³/mol. The highest BCUT2D eigenvalue weighted by atomic mass is 32.1. The number of guanidine groups is 3. The highest BCUT2D eigenvalue weighted by Crippen LogP contribution is 2.20. The summed E-state index contributed by atoms with van der Waals surface area (Å²) in [6.07, 6.45) is 0.0354. The number of thiol groups is 1. The van der Waals surface area contributed by atoms with Gasteiger partial charge in [-0.15, -0.1) is 0 Å². The van der Waals surface area contributed by atoms with Gasteiger partial charge in [-0.05, 0) is 120 Å². The normalized spacial score (nSPS) is 13.9. The molecule has 4 rings (SSSR count). The smallest absolute Gasteiger partial charge is 0.246 e. The number of carbonyl (C=O) groups is 14. The van der Waals surface area contributed by atoms with Gasteiger partial charge in [0.25, 0.3) is 0 Å². The first-order valence-electron chi connectivity index (χ1n) is 41.4. The third-order valence-corrected chi connectivity index (χ3v) is 19.4. The monoisotopic (exact) mass is 1800 g/mol. The molecule has 0 spiro atoms. The van der Waals surface area contributed by atoms with Crippen molar-refractivity contribution in [3.63, 3.8) is 0 Å². The lowest BCUT2D eigenvalue weighted by Gasteiger charge is -2.28. The minimum atomic E-state index is -1.84. The maximum atomic E-state index is 14.6. The fourth-order valence-corrected chi connectivity index (χ4v) is 12.3. The van der Waals surface area contributed by atoms with Crippen LogP contribution >= 0.6 is 12.6 Å². The summed E-state index contributed by atoms with van der Waals surface area (Å²) >= 11 is 3.98. The number of rotatable bonds is 63. The van der Waals surface area contributed by atoms with E-state index in [1.807, 2.05) is 18.2 Å². The number of H-pyrrole nitrogens is 1. The summed E-state index contributed by atoms with van der Waals surface area (Å²) in [7, 11) is 0. The van der Waals surface area contributed by atoms with Gasteiger partial charge in [-0.2, -0.15) is 12.6 Å². The van der Waals surface area contributed by atoms with Crippen molar-refractivity contribution in [2.75, 3.05) is 104 Å². The molecule has 702 valence electrons. The number of primary amides is 1. The number of phenolic OH excluding ortho intramolecular Hbond substituents is 1. The van der Waals surface area contributed by atoms with Gasteiger partial charge >= 0.3 is 0 Å². The van der Waals surface area contributed by atoms with Gasteiger partial charge in [0.15, 0.2) is 17.9 Å². The first kappa shape index (κ1) is 107. The molecule has 0 radical (unpaired) electrons. The molecule has 1 aromatic heterocycles. The Labute approximate surface area is 740 Å². The fourth-order valence-electron chi connectivity index (χ4n) is 12.2. The summed E-state index contributed by atoms with van der Waals surface area (Å²) < 4.78 is 21.6. The third-order valence-electron chi connectivity index (χ3n) is 19.0. The molecule has 3 aromatic carbocycles. The first-order valence-corrected chi connectivity index (χ1v) is 42.0. The zero-order valence-corrected chi connectivity index (χ0v) is 72.4. The SMILES string of the molecule is C[C@H](NC(=O)[C@H](CCCNC(=N)N)NC(=O)[C@H](C)NC(=O)[C@H](CCCNC(=N)N)NC(=O)[C@H](CCCCN)NC(=O)[C@H](CCCNC(=N)N)NC(=O)COCCOCCNC(=O)COCCOCCNC(=O)[C@@H](N)CS)C(=O)N[C@@H](Cc1ccc(O)cc1)C(=O)N[C@H](C(=O)N[C@@H](Cc1ccccc1)C(=O)NCC(=O)N[C@@H](Cc1c[nH]c2ccccc12)C(N)=O)[C@@H](C)O. The van der Waals surface area contributed by atoms with Crippen LogP contribution in [0.2, 0.25) is 0 Å². The number of aromatic hydroxyl groups is 1. The van der Waals surface area contributed by atoms with Crippen LogP contribution in [0.1, 0.15) is 95.2 Å². The predicted octanol–water partition coefficient (Wildman–Crippen LogP) is -7.75. The Morgan fingerprint density at radius 2 is 0.850 bits per heavy atom. The van der Waals surface area contributed by atoms with Gasteiger partial charge in [-0.3, -0.25) is 83.4 Å². The molecule has 4 aromatic rings. The van der Waals surface area contributed by atoms with Crippen molar-refractivity contribution in [1.29, 1.82) is 16.2 Å². The molecular formula is C80H126N26O20S. The molecule has 12 atom stereocenters. The molecule has 0 bridgehead atoms. The maximum absolute atomic E-state index is 14.6. The van der Waals surface area contributed by atoms with Crippen LogP contribution in [-0.4, -0.2) is 293 Å². The molecule has 0 fully saturated rings. The van der Waals surface area contributed by atoms with Gasteiger partial charge in [0.05, 0.1) is 58.3 Å². The van der Waals surface area contributed by atoms with Crippen molar-refractivity contribution >= 4 is 124 Å². The number of phenols is 1. The minimum Gasteiger partial charge on any atom is -0.508 e. The van der Waals surface area contributed by atoms with Gasteiger partial charge in [-0.25, -0.2) is 0 Å². The summed E-state index contributed by atoms with van der Waals surface area (Å²) in [5, 5.41) is 86.1. The number of aromatic nitrogens is 1. The van der Waals surface area contributed by atoms with Crippen LogP contribution in [-0.2, 0) is 105 Å². The van der Waals surface area contributed by atoms with Crippen LogP contribution < -0.4 is 119 Å². The topological polar surface area (TPSA) is 752 Å². The molecule has 0 aliphatic rings. The number of aliphatic hydroxyl groups excluding tert-OH is 1. The summed E-state index contributed by atoms with van der Waals surface area (Å²) in [6.45, 7) is 3.38. The molecule has 1 heterocycles. The largest absolute Gasteiger partial charge is 0.508 e. The molecule has 34 N–H and O–H groups in total. The van der Waals surface area contributed by atoms with E-state index in [1.165, 1.54) is 45.0 Å². The molecular weight excluding hydrogens is 1680 g/mol. The summed E-state index contributed by atoms with van der Waals surface area (Å²) in [4.78, 5) is 195. The van der Waals surface area contributed by atoms with Crippen molar-refractivity contribution in [2.45, 2.75) is 170 Å². The third kappa shape index (κ3) is 43.3. The average Bonchev–Trinajstić information content (AvgIpc) is 1.68. The van der Waals surface area contributed by atoms with Gasteiger partial charge in [0, 0.05) is 74.8 Å². The molecule has 0 aliphatic carbocycles. The second-order valence-electron chi connectivity index (χ2n) is 29.5. The highest BCUT2D eigenvalue weighted by Gasteiger charge is 2.37. The van der Waals surface area contributed by atoms with Gasteiger partial charge < -0.3 is 154 Å². The number of carbonyl (C=O) groups excluding carboxylic acids is 14. The molecule has 47 heteroatoms. The van der Waals surface area contributed by atoms with Gasteiger partial charge in [0.1, 0.15) is 79.4 Å². The molecule has 0 saturated heterocycles. The van der Waals surface area contributed by atoms with Gasteiger partial charge in [0.2, 0.25) is 82.7 Å². The Balaban J connectivity index is 1.45. The standard InChI is InChI=1S/C80H126N26O20S/c1-46(97-73(118)59(21-13-29-94-80(88)89)103-75(120)57(18-9-10-26-81)102-74(119)56(19-11-27-92-78(84)85)99-65(111)44-126-37-35-123-32-30-90-64(110)43-125-36-34-124-33-31-91-70(115)54(82)45-127)68(113)101-58(20-12-28-93-79(86)87)72(117)98-47(2)69(114)104-62(39-50-22-24-52(108)25-23-50)76(121)106-66(48(3)107)77(122)105-61(38-49-14-5-4-6-15-49)71(116)96-42-63(109)100-60(67(83)112)40-51-41-95-55-17-8-7-16-53(51)55/h4-8,14-17,22-25,41,46-48,54,56-62,66,95,107-108,127H,9-13,18-21,26-40,42-45,81-82H2,1-3H3,(H2,83,112)(H,90,110)(H,91,115)(H,96,116)(H,97,118)(H,98,117)(H,99,111)(H,100,109)(H,101,113)(H,102,119)(H,103,120)(H,104,114)(H,105,122)(H,106,121)(H4,84,85,92)(H4,86,87,93)(H4,88,89,94)/t46-,47-,48+,54-,56-,57-,58-,59-,60-,61-,62-,66-/m0/s1. The number of ether oxygens (including phenoxy) is 4. The lowest BCUT2D eigenvalue weighted by atomic mass is 10.0. The summed E-state index contributed by atoms with van der Waals surface area (Å²) in [5.41, 5.74) is 36.0. The zero-order chi connectivity index (χ0) is 93.8. The number of unbranched alkanes of at least 4 members (excludes halogenated alkanes) is 1.